The number of hydrogen-bond donors (Lipinski definition) is 1. The van der Waals surface area contributed by atoms with Gasteiger partial charge in [-0.1, -0.05) is 0 Å². The van der Waals surface area contributed by atoms with Gasteiger partial charge in [0.1, 0.15) is 0 Å². The van der Waals surface area contributed by atoms with Crippen LogP contribution in [0.4, 0.5) is 5.00 Å². The van der Waals surface area contributed by atoms with E-state index in [2.05, 4.69) is 21.2 Å². The molecule has 0 radical (unpaired) electrons. The first-order valence-electron chi connectivity index (χ1n) is 4.95. The molecule has 0 aromatic carbocycles. The van der Waals surface area contributed by atoms with Crippen LogP contribution in [0, 0.1) is 0 Å². The van der Waals surface area contributed by atoms with Crippen molar-refractivity contribution in [2.24, 2.45) is 0 Å². The fraction of sp³-hybridized carbons (Fsp3) is 0.500. The zero-order chi connectivity index (χ0) is 10.8. The maximum atomic E-state index is 12.0. The molecule has 0 saturated carbocycles. The lowest BCUT2D eigenvalue weighted by Gasteiger charge is -2.19. The smallest absolute Gasteiger partial charge is 0.244 e. The second kappa shape index (κ2) is 4.63. The van der Waals surface area contributed by atoms with E-state index in [9.17, 15) is 4.79 Å². The molecule has 1 aromatic heterocycles. The lowest BCUT2D eigenvalue weighted by molar-refractivity contribution is -0.119. The van der Waals surface area contributed by atoms with E-state index in [0.717, 1.165) is 28.2 Å². The second-order valence-corrected chi connectivity index (χ2v) is 6.07. The summed E-state index contributed by atoms with van der Waals surface area (Å²) in [6.45, 7) is 0.957. The molecule has 0 bridgehead atoms. The Morgan fingerprint density at radius 3 is 3.00 bits per heavy atom. The molecule has 1 unspecified atom stereocenters. The standard InChI is InChI=1S/C10H13BrN2OS/c1-13(9-5-4-8(11)15-9)10(14)7-3-2-6-12-7/h4-5,7,12H,2-3,6H2,1H3. The van der Waals surface area contributed by atoms with Crippen molar-refractivity contribution < 1.29 is 4.79 Å². The minimum absolute atomic E-state index is 0.0101. The highest BCUT2D eigenvalue weighted by Gasteiger charge is 2.26. The predicted octanol–water partition coefficient (Wildman–Crippen LogP) is 2.23. The van der Waals surface area contributed by atoms with Crippen molar-refractivity contribution in [2.45, 2.75) is 18.9 Å². The monoisotopic (exact) mass is 288 g/mol. The molecular weight excluding hydrogens is 276 g/mol. The minimum atomic E-state index is 0.0101. The van der Waals surface area contributed by atoms with E-state index in [0.29, 0.717) is 0 Å². The number of nitrogens with zero attached hydrogens (tertiary/aromatic N) is 1. The zero-order valence-electron chi connectivity index (χ0n) is 8.50. The zero-order valence-corrected chi connectivity index (χ0v) is 10.9. The molecule has 1 aliphatic heterocycles. The van der Waals surface area contributed by atoms with Crippen LogP contribution in [0.3, 0.4) is 0 Å². The van der Waals surface area contributed by atoms with Crippen LogP contribution in [0.1, 0.15) is 12.8 Å². The number of anilines is 1. The molecule has 1 fully saturated rings. The lowest BCUT2D eigenvalue weighted by Crippen LogP contribution is -2.41. The normalized spacial score (nSPS) is 20.5. The minimum Gasteiger partial charge on any atom is -0.306 e. The fourth-order valence-electron chi connectivity index (χ4n) is 1.72. The van der Waals surface area contributed by atoms with Crippen LogP contribution in [0.15, 0.2) is 15.9 Å². The number of hydrogen-bond acceptors (Lipinski definition) is 3. The highest BCUT2D eigenvalue weighted by molar-refractivity contribution is 9.11. The SMILES string of the molecule is CN(C(=O)C1CCCN1)c1ccc(Br)s1. The highest BCUT2D eigenvalue weighted by atomic mass is 79.9. The van der Waals surface area contributed by atoms with Crippen molar-refractivity contribution in [3.63, 3.8) is 0 Å². The largest absolute Gasteiger partial charge is 0.306 e. The molecule has 15 heavy (non-hydrogen) atoms. The molecule has 1 atom stereocenters. The average Bonchev–Trinajstić information content (AvgIpc) is 2.85. The number of thiophene rings is 1. The Kier molecular flexibility index (Phi) is 3.43. The highest BCUT2D eigenvalue weighted by Crippen LogP contribution is 2.29. The van der Waals surface area contributed by atoms with Crippen LogP contribution in [0.25, 0.3) is 0 Å². The van der Waals surface area contributed by atoms with Gasteiger partial charge in [-0.25, -0.2) is 0 Å². The molecule has 1 aliphatic rings. The summed E-state index contributed by atoms with van der Waals surface area (Å²) in [5, 5.41) is 4.20. The van der Waals surface area contributed by atoms with Crippen LogP contribution < -0.4 is 10.2 Å². The maximum absolute atomic E-state index is 12.0. The first-order valence-corrected chi connectivity index (χ1v) is 6.56. The Labute approximate surface area is 102 Å². The molecule has 5 heteroatoms. The molecule has 82 valence electrons. The van der Waals surface area contributed by atoms with E-state index in [4.69, 9.17) is 0 Å². The van der Waals surface area contributed by atoms with E-state index in [1.807, 2.05) is 19.2 Å². The topological polar surface area (TPSA) is 32.3 Å². The summed E-state index contributed by atoms with van der Waals surface area (Å²) < 4.78 is 1.05. The molecular formula is C10H13BrN2OS. The van der Waals surface area contributed by atoms with Gasteiger partial charge < -0.3 is 10.2 Å². The van der Waals surface area contributed by atoms with Crippen molar-refractivity contribution in [3.8, 4) is 0 Å². The Hall–Kier alpha value is -0.390. The summed E-state index contributed by atoms with van der Waals surface area (Å²) >= 11 is 4.97. The van der Waals surface area contributed by atoms with E-state index >= 15 is 0 Å². The van der Waals surface area contributed by atoms with Gasteiger partial charge >= 0.3 is 0 Å². The lowest BCUT2D eigenvalue weighted by atomic mass is 10.2. The van der Waals surface area contributed by atoms with Gasteiger partial charge in [-0.2, -0.15) is 0 Å². The number of carbonyl (C=O) groups is 1. The van der Waals surface area contributed by atoms with E-state index < -0.39 is 0 Å². The molecule has 0 aliphatic carbocycles. The Balaban J connectivity index is 2.06. The van der Waals surface area contributed by atoms with Gasteiger partial charge in [-0.05, 0) is 47.4 Å². The van der Waals surface area contributed by atoms with Crippen LogP contribution in [0.2, 0.25) is 0 Å². The third-order valence-electron chi connectivity index (χ3n) is 2.58. The van der Waals surface area contributed by atoms with Crippen molar-refractivity contribution in [1.82, 2.24) is 5.32 Å². The molecule has 2 rings (SSSR count). The van der Waals surface area contributed by atoms with Gasteiger partial charge in [0.25, 0.3) is 0 Å². The van der Waals surface area contributed by atoms with Gasteiger partial charge in [-0.15, -0.1) is 11.3 Å². The van der Waals surface area contributed by atoms with Crippen molar-refractivity contribution >= 4 is 38.2 Å². The molecule has 1 N–H and O–H groups in total. The van der Waals surface area contributed by atoms with Crippen LogP contribution in [-0.2, 0) is 4.79 Å². The van der Waals surface area contributed by atoms with E-state index in [1.54, 1.807) is 16.2 Å². The van der Waals surface area contributed by atoms with Gasteiger partial charge in [-0.3, -0.25) is 4.79 Å². The van der Waals surface area contributed by atoms with Gasteiger partial charge in [0.2, 0.25) is 5.91 Å². The quantitative estimate of drug-likeness (QED) is 0.905. The van der Waals surface area contributed by atoms with Gasteiger partial charge in [0, 0.05) is 7.05 Å². The van der Waals surface area contributed by atoms with Crippen LogP contribution >= 0.6 is 27.3 Å². The molecule has 1 amide bonds. The molecule has 1 aromatic rings. The molecule has 3 nitrogen and oxygen atoms in total. The Morgan fingerprint density at radius 2 is 2.47 bits per heavy atom. The van der Waals surface area contributed by atoms with E-state index in [1.165, 1.54) is 0 Å². The maximum Gasteiger partial charge on any atom is 0.244 e. The average molecular weight is 289 g/mol. The summed E-state index contributed by atoms with van der Waals surface area (Å²) in [5.41, 5.74) is 0. The second-order valence-electron chi connectivity index (χ2n) is 3.62. The van der Waals surface area contributed by atoms with E-state index in [-0.39, 0.29) is 11.9 Å². The van der Waals surface area contributed by atoms with Crippen molar-refractivity contribution in [3.05, 3.63) is 15.9 Å². The predicted molar refractivity (Wildman–Crippen MR) is 66.5 cm³/mol. The van der Waals surface area contributed by atoms with Crippen LogP contribution in [0.5, 0.6) is 0 Å². The third-order valence-corrected chi connectivity index (χ3v) is 4.28. The summed E-state index contributed by atoms with van der Waals surface area (Å²) in [5.74, 6) is 0.168. The summed E-state index contributed by atoms with van der Waals surface area (Å²) in [4.78, 5) is 13.7. The summed E-state index contributed by atoms with van der Waals surface area (Å²) in [7, 11) is 1.83. The van der Waals surface area contributed by atoms with Gasteiger partial charge in [0.15, 0.2) is 0 Å². The third kappa shape index (κ3) is 2.41. The first-order chi connectivity index (χ1) is 7.18. The summed E-state index contributed by atoms with van der Waals surface area (Å²) in [6.07, 6.45) is 2.05. The molecule has 0 spiro atoms. The Morgan fingerprint density at radius 1 is 1.67 bits per heavy atom. The number of rotatable bonds is 2. The van der Waals surface area contributed by atoms with Crippen molar-refractivity contribution in [1.29, 1.82) is 0 Å². The number of amides is 1. The van der Waals surface area contributed by atoms with Crippen molar-refractivity contribution in [2.75, 3.05) is 18.5 Å². The Bertz CT molecular complexity index is 360. The number of nitrogens with one attached hydrogen (secondary N) is 1. The number of carbonyl (C=O) groups excluding carboxylic acids is 1. The van der Waals surface area contributed by atoms with Gasteiger partial charge in [0.05, 0.1) is 14.8 Å². The molecule has 1 saturated heterocycles. The molecule has 2 heterocycles. The fourth-order valence-corrected chi connectivity index (χ4v) is 3.05. The van der Waals surface area contributed by atoms with Crippen LogP contribution in [-0.4, -0.2) is 25.5 Å². The number of likely N-dealkylation sites (N-methyl/N-ethyl adjacent to an activating group) is 1. The number of halogens is 1. The first kappa shape index (κ1) is 11.1. The summed E-state index contributed by atoms with van der Waals surface area (Å²) in [6, 6.07) is 3.93.